The number of aliphatic hydroxyl groups excluding tert-OH is 1. The van der Waals surface area contributed by atoms with Gasteiger partial charge in [-0.3, -0.25) is 4.79 Å². The Labute approximate surface area is 141 Å². The predicted molar refractivity (Wildman–Crippen MR) is 89.9 cm³/mol. The number of furan rings is 1. The van der Waals surface area contributed by atoms with Gasteiger partial charge in [0.05, 0.1) is 12.7 Å². The van der Waals surface area contributed by atoms with Crippen LogP contribution in [0.4, 0.5) is 0 Å². The smallest absolute Gasteiger partial charge is 0.289 e. The number of aliphatic hydroxyl groups is 1. The highest BCUT2D eigenvalue weighted by atomic mass is 16.5. The fourth-order valence-electron chi connectivity index (χ4n) is 4.02. The minimum Gasteiger partial charge on any atom is -0.451 e. The molecule has 4 rings (SSSR count). The molecule has 2 aromatic rings. The number of rotatable bonds is 2. The molecule has 2 saturated heterocycles. The molecule has 3 atom stereocenters. The Balaban J connectivity index is 1.59. The second kappa shape index (κ2) is 6.22. The molecule has 5 heteroatoms. The van der Waals surface area contributed by atoms with E-state index in [0.717, 1.165) is 29.4 Å². The van der Waals surface area contributed by atoms with E-state index in [0.29, 0.717) is 31.9 Å². The summed E-state index contributed by atoms with van der Waals surface area (Å²) in [5.74, 6) is 0.301. The largest absolute Gasteiger partial charge is 0.451 e. The fourth-order valence-corrected chi connectivity index (χ4v) is 4.02. The van der Waals surface area contributed by atoms with Gasteiger partial charge in [-0.2, -0.15) is 0 Å². The number of nitrogens with zero attached hydrogens (tertiary/aromatic N) is 1. The number of likely N-dealkylation sites (tertiary alicyclic amines) is 1. The molecular weight excluding hydrogens is 306 g/mol. The fraction of sp³-hybridized carbons (Fsp3) is 0.526. The molecule has 0 unspecified atom stereocenters. The molecular formula is C19H23NO4. The van der Waals surface area contributed by atoms with Crippen LogP contribution in [0.3, 0.4) is 0 Å². The van der Waals surface area contributed by atoms with E-state index in [1.165, 1.54) is 0 Å². The van der Waals surface area contributed by atoms with E-state index >= 15 is 0 Å². The average Bonchev–Trinajstić information content (AvgIpc) is 3.20. The van der Waals surface area contributed by atoms with E-state index in [-0.39, 0.29) is 17.9 Å². The lowest BCUT2D eigenvalue weighted by Gasteiger charge is -2.36. The number of hydrogen-bond acceptors (Lipinski definition) is 4. The maximum atomic E-state index is 13.0. The van der Waals surface area contributed by atoms with Crippen LogP contribution in [0.25, 0.3) is 11.0 Å². The van der Waals surface area contributed by atoms with Gasteiger partial charge in [0.15, 0.2) is 5.76 Å². The molecule has 1 aromatic heterocycles. The van der Waals surface area contributed by atoms with Crippen molar-refractivity contribution in [2.45, 2.75) is 38.3 Å². The zero-order valence-corrected chi connectivity index (χ0v) is 13.9. The van der Waals surface area contributed by atoms with Gasteiger partial charge in [-0.1, -0.05) is 11.6 Å². The standard InChI is InChI=1S/C19H23NO4/c1-12-4-5-17-13(9-12)10-18(24-17)19(22)20-7-2-3-15(20)14-11-23-8-6-16(14)21/h4-5,9-10,14-16,21H,2-3,6-8,11H2,1H3/t14-,15+,16+/m0/s1. The molecule has 5 nitrogen and oxygen atoms in total. The lowest BCUT2D eigenvalue weighted by atomic mass is 9.89. The van der Waals surface area contributed by atoms with Gasteiger partial charge >= 0.3 is 0 Å². The van der Waals surface area contributed by atoms with Crippen LogP contribution in [0.15, 0.2) is 28.7 Å². The van der Waals surface area contributed by atoms with Crippen molar-refractivity contribution in [1.29, 1.82) is 0 Å². The molecule has 0 bridgehead atoms. The molecule has 0 radical (unpaired) electrons. The third-order valence-electron chi connectivity index (χ3n) is 5.30. The van der Waals surface area contributed by atoms with E-state index in [9.17, 15) is 9.90 Å². The molecule has 128 valence electrons. The van der Waals surface area contributed by atoms with Crippen molar-refractivity contribution in [2.75, 3.05) is 19.8 Å². The maximum absolute atomic E-state index is 13.0. The van der Waals surface area contributed by atoms with E-state index in [1.54, 1.807) is 0 Å². The molecule has 1 aromatic carbocycles. The highest BCUT2D eigenvalue weighted by Gasteiger charge is 2.40. The van der Waals surface area contributed by atoms with Gasteiger partial charge in [-0.05, 0) is 44.4 Å². The molecule has 1 N–H and O–H groups in total. The Morgan fingerprint density at radius 3 is 3.00 bits per heavy atom. The van der Waals surface area contributed by atoms with Crippen LogP contribution in [0.5, 0.6) is 0 Å². The van der Waals surface area contributed by atoms with Gasteiger partial charge in [0.1, 0.15) is 5.58 Å². The van der Waals surface area contributed by atoms with Crippen LogP contribution in [0.2, 0.25) is 0 Å². The first-order chi connectivity index (χ1) is 11.6. The first-order valence-electron chi connectivity index (χ1n) is 8.70. The topological polar surface area (TPSA) is 62.9 Å². The second-order valence-corrected chi connectivity index (χ2v) is 6.95. The lowest BCUT2D eigenvalue weighted by Crippen LogP contribution is -2.48. The molecule has 2 aliphatic rings. The molecule has 24 heavy (non-hydrogen) atoms. The Morgan fingerprint density at radius 1 is 1.29 bits per heavy atom. The molecule has 3 heterocycles. The number of hydrogen-bond donors (Lipinski definition) is 1. The van der Waals surface area contributed by atoms with Crippen molar-refractivity contribution < 1.29 is 19.1 Å². The summed E-state index contributed by atoms with van der Waals surface area (Å²) in [4.78, 5) is 14.8. The SMILES string of the molecule is Cc1ccc2oc(C(=O)N3CCC[C@@H]3[C@@H]3COCC[C@H]3O)cc2c1. The number of ether oxygens (including phenoxy) is 1. The zero-order chi connectivity index (χ0) is 16.7. The zero-order valence-electron chi connectivity index (χ0n) is 13.9. The maximum Gasteiger partial charge on any atom is 0.289 e. The van der Waals surface area contributed by atoms with Crippen molar-refractivity contribution in [2.24, 2.45) is 5.92 Å². The Morgan fingerprint density at radius 2 is 2.17 bits per heavy atom. The molecule has 1 amide bonds. The normalized spacial score (nSPS) is 27.8. The summed E-state index contributed by atoms with van der Waals surface area (Å²) in [6.45, 7) is 3.86. The highest BCUT2D eigenvalue weighted by molar-refractivity contribution is 5.96. The van der Waals surface area contributed by atoms with Gasteiger partial charge in [0.25, 0.3) is 5.91 Å². The van der Waals surface area contributed by atoms with Crippen LogP contribution < -0.4 is 0 Å². The quantitative estimate of drug-likeness (QED) is 0.920. The van der Waals surface area contributed by atoms with Gasteiger partial charge in [-0.25, -0.2) is 0 Å². The summed E-state index contributed by atoms with van der Waals surface area (Å²) in [5.41, 5.74) is 1.88. The summed E-state index contributed by atoms with van der Waals surface area (Å²) in [6.07, 6.45) is 2.12. The van der Waals surface area contributed by atoms with Gasteiger partial charge in [0.2, 0.25) is 0 Å². The van der Waals surface area contributed by atoms with Crippen molar-refractivity contribution in [1.82, 2.24) is 4.90 Å². The van der Waals surface area contributed by atoms with E-state index in [1.807, 2.05) is 36.1 Å². The molecule has 2 aliphatic heterocycles. The molecule has 2 fully saturated rings. The summed E-state index contributed by atoms with van der Waals surface area (Å²) < 4.78 is 11.3. The van der Waals surface area contributed by atoms with Crippen LogP contribution >= 0.6 is 0 Å². The molecule has 0 spiro atoms. The minimum absolute atomic E-state index is 0.00294. The van der Waals surface area contributed by atoms with E-state index in [4.69, 9.17) is 9.15 Å². The number of carbonyl (C=O) groups is 1. The Bertz CT molecular complexity index is 753. The Kier molecular flexibility index (Phi) is 4.06. The van der Waals surface area contributed by atoms with Crippen molar-refractivity contribution in [3.8, 4) is 0 Å². The van der Waals surface area contributed by atoms with Crippen LogP contribution in [-0.4, -0.2) is 47.8 Å². The molecule has 0 aliphatic carbocycles. The second-order valence-electron chi connectivity index (χ2n) is 6.95. The van der Waals surface area contributed by atoms with Gasteiger partial charge in [-0.15, -0.1) is 0 Å². The summed E-state index contributed by atoms with van der Waals surface area (Å²) in [5, 5.41) is 11.3. The van der Waals surface area contributed by atoms with E-state index in [2.05, 4.69) is 0 Å². The first-order valence-corrected chi connectivity index (χ1v) is 8.70. The number of amides is 1. The third kappa shape index (κ3) is 2.72. The van der Waals surface area contributed by atoms with Crippen molar-refractivity contribution in [3.63, 3.8) is 0 Å². The predicted octanol–water partition coefficient (Wildman–Crippen LogP) is 2.74. The van der Waals surface area contributed by atoms with Crippen LogP contribution in [0, 0.1) is 12.8 Å². The van der Waals surface area contributed by atoms with E-state index < -0.39 is 6.10 Å². The Hall–Kier alpha value is -1.85. The number of benzene rings is 1. The van der Waals surface area contributed by atoms with Crippen LogP contribution in [0.1, 0.15) is 35.4 Å². The molecule has 0 saturated carbocycles. The van der Waals surface area contributed by atoms with Gasteiger partial charge < -0.3 is 19.2 Å². The third-order valence-corrected chi connectivity index (χ3v) is 5.30. The highest BCUT2D eigenvalue weighted by Crippen LogP contribution is 2.32. The van der Waals surface area contributed by atoms with Crippen molar-refractivity contribution in [3.05, 3.63) is 35.6 Å². The lowest BCUT2D eigenvalue weighted by molar-refractivity contribution is -0.0591. The number of fused-ring (bicyclic) bond motifs is 1. The summed E-state index contributed by atoms with van der Waals surface area (Å²) >= 11 is 0. The summed E-state index contributed by atoms with van der Waals surface area (Å²) in [6, 6.07) is 7.77. The van der Waals surface area contributed by atoms with Crippen molar-refractivity contribution >= 4 is 16.9 Å². The number of aryl methyl sites for hydroxylation is 1. The first kappa shape index (κ1) is 15.7. The monoisotopic (exact) mass is 329 g/mol. The number of carbonyl (C=O) groups excluding carboxylic acids is 1. The van der Waals surface area contributed by atoms with Crippen LogP contribution in [-0.2, 0) is 4.74 Å². The minimum atomic E-state index is -0.393. The van der Waals surface area contributed by atoms with Gasteiger partial charge in [0, 0.05) is 30.5 Å². The average molecular weight is 329 g/mol. The summed E-state index contributed by atoms with van der Waals surface area (Å²) in [7, 11) is 0.